The predicted octanol–water partition coefficient (Wildman–Crippen LogP) is 5.80. The molecule has 3 unspecified atom stereocenters. The Balaban J connectivity index is 0.000000559. The molecule has 1 aliphatic heterocycles. The van der Waals surface area contributed by atoms with Gasteiger partial charge in [0.1, 0.15) is 6.61 Å². The van der Waals surface area contributed by atoms with Gasteiger partial charge in [0.15, 0.2) is 5.78 Å². The van der Waals surface area contributed by atoms with E-state index in [9.17, 15) is 9.59 Å². The summed E-state index contributed by atoms with van der Waals surface area (Å²) in [7, 11) is 0. The summed E-state index contributed by atoms with van der Waals surface area (Å²) < 4.78 is 4.92. The van der Waals surface area contributed by atoms with Gasteiger partial charge in [0.25, 0.3) is 0 Å². The second-order valence-electron chi connectivity index (χ2n) is 10.9. The number of nitrogens with two attached hydrogens (primary N) is 1. The number of aryl methyl sites for hydroxylation is 2. The molecule has 0 bridgehead atoms. The van der Waals surface area contributed by atoms with Crippen LogP contribution in [-0.4, -0.2) is 42.7 Å². The Morgan fingerprint density at radius 3 is 2.17 bits per heavy atom. The van der Waals surface area contributed by atoms with Crippen molar-refractivity contribution in [1.29, 1.82) is 0 Å². The fourth-order valence-corrected chi connectivity index (χ4v) is 4.42. The molecule has 1 aliphatic rings. The van der Waals surface area contributed by atoms with E-state index in [0.717, 1.165) is 29.8 Å². The van der Waals surface area contributed by atoms with Crippen molar-refractivity contribution in [1.82, 2.24) is 10.6 Å². The highest BCUT2D eigenvalue weighted by molar-refractivity contribution is 5.90. The van der Waals surface area contributed by atoms with Crippen LogP contribution in [0.3, 0.4) is 0 Å². The van der Waals surface area contributed by atoms with E-state index < -0.39 is 11.5 Å². The van der Waals surface area contributed by atoms with Crippen LogP contribution in [0.5, 0.6) is 0 Å². The number of ether oxygens (including phenoxy) is 1. The number of carbonyl (C=O) groups is 2. The predicted molar refractivity (Wildman–Crippen MR) is 164 cm³/mol. The number of carboxylic acid groups (broad SMARTS) is 1. The Labute approximate surface area is 241 Å². The Bertz CT molecular complexity index is 1070. The third kappa shape index (κ3) is 11.2. The second kappa shape index (κ2) is 17.0. The Kier molecular flexibility index (Phi) is 14.8. The minimum absolute atomic E-state index is 0. The highest BCUT2D eigenvalue weighted by Crippen LogP contribution is 2.34. The van der Waals surface area contributed by atoms with Gasteiger partial charge in [-0.3, -0.25) is 4.79 Å². The van der Waals surface area contributed by atoms with Crippen molar-refractivity contribution >= 4 is 11.8 Å². The van der Waals surface area contributed by atoms with E-state index in [0.29, 0.717) is 19.1 Å². The lowest BCUT2D eigenvalue weighted by molar-refractivity contribution is -0.142. The molecule has 222 valence electrons. The van der Waals surface area contributed by atoms with E-state index in [-0.39, 0.29) is 31.8 Å². The molecule has 0 saturated carbocycles. The van der Waals surface area contributed by atoms with Gasteiger partial charge in [-0.25, -0.2) is 4.79 Å². The maximum Gasteiger partial charge on any atom is 0.329 e. The van der Waals surface area contributed by atoms with Gasteiger partial charge >= 0.3 is 5.97 Å². The molecule has 1 heterocycles. The summed E-state index contributed by atoms with van der Waals surface area (Å²) in [5.41, 5.74) is 11.8. The van der Waals surface area contributed by atoms with Gasteiger partial charge in [-0.05, 0) is 57.2 Å². The lowest BCUT2D eigenvalue weighted by Gasteiger charge is -2.38. The molecule has 5 N–H and O–H groups in total. The average molecular weight is 554 g/mol. The van der Waals surface area contributed by atoms with Crippen LogP contribution in [0.25, 0.3) is 0 Å². The number of benzene rings is 2. The first-order valence-corrected chi connectivity index (χ1v) is 13.9. The van der Waals surface area contributed by atoms with Crippen molar-refractivity contribution in [3.63, 3.8) is 0 Å². The van der Waals surface area contributed by atoms with Gasteiger partial charge in [-0.1, -0.05) is 87.9 Å². The highest BCUT2D eigenvalue weighted by atomic mass is 16.5. The van der Waals surface area contributed by atoms with Crippen molar-refractivity contribution in [3.8, 4) is 0 Å². The summed E-state index contributed by atoms with van der Waals surface area (Å²) in [5.74, 6) is -0.590. The van der Waals surface area contributed by atoms with Gasteiger partial charge in [-0.15, -0.1) is 0 Å². The molecule has 0 aliphatic carbocycles. The molecule has 7 nitrogen and oxygen atoms in total. The molecule has 7 heteroatoms. The molecule has 1 saturated heterocycles. The van der Waals surface area contributed by atoms with Crippen LogP contribution >= 0.6 is 0 Å². The number of carboxylic acids is 1. The summed E-state index contributed by atoms with van der Waals surface area (Å²) in [5, 5.41) is 15.1. The SMILES string of the molecule is C.CCC(=O)/C=C(/NC(c1ccc(C)cc1)C(C)(N)c1ccc(C)cc1)C(C)C.O=C(O)COCC1CCCN1. The number of aliphatic carboxylic acids is 1. The largest absolute Gasteiger partial charge is 0.480 e. The van der Waals surface area contributed by atoms with Crippen LogP contribution < -0.4 is 16.4 Å². The third-order valence-electron chi connectivity index (χ3n) is 6.99. The Morgan fingerprint density at radius 2 is 1.70 bits per heavy atom. The van der Waals surface area contributed by atoms with E-state index in [4.69, 9.17) is 15.6 Å². The molecule has 3 atom stereocenters. The molecule has 1 fully saturated rings. The fourth-order valence-electron chi connectivity index (χ4n) is 4.42. The van der Waals surface area contributed by atoms with E-state index >= 15 is 0 Å². The number of carbonyl (C=O) groups excluding carboxylic acids is 1. The topological polar surface area (TPSA) is 114 Å². The molecule has 2 aromatic carbocycles. The lowest BCUT2D eigenvalue weighted by atomic mass is 9.80. The van der Waals surface area contributed by atoms with Gasteiger partial charge < -0.3 is 26.2 Å². The molecular formula is C33H51N3O4. The molecule has 3 rings (SSSR count). The number of nitrogens with one attached hydrogen (secondary N) is 2. The van der Waals surface area contributed by atoms with Gasteiger partial charge in [0.2, 0.25) is 0 Å². The number of allylic oxidation sites excluding steroid dienone is 2. The molecule has 0 aromatic heterocycles. The van der Waals surface area contributed by atoms with Crippen molar-refractivity contribution < 1.29 is 19.4 Å². The van der Waals surface area contributed by atoms with Crippen LogP contribution in [0.1, 0.15) is 82.7 Å². The van der Waals surface area contributed by atoms with Gasteiger partial charge in [-0.2, -0.15) is 0 Å². The van der Waals surface area contributed by atoms with Crippen molar-refractivity contribution in [2.75, 3.05) is 19.8 Å². The second-order valence-corrected chi connectivity index (χ2v) is 10.9. The first-order valence-electron chi connectivity index (χ1n) is 13.9. The smallest absolute Gasteiger partial charge is 0.329 e. The number of hydrogen-bond acceptors (Lipinski definition) is 6. The molecule has 2 aromatic rings. The van der Waals surface area contributed by atoms with Gasteiger partial charge in [0, 0.05) is 24.2 Å². The number of hydrogen-bond donors (Lipinski definition) is 4. The maximum absolute atomic E-state index is 12.1. The Hall–Kier alpha value is -3.00. The minimum atomic E-state index is -0.900. The first-order chi connectivity index (χ1) is 18.4. The zero-order valence-corrected chi connectivity index (χ0v) is 24.4. The number of rotatable bonds is 12. The summed E-state index contributed by atoms with van der Waals surface area (Å²) in [6, 6.07) is 17.0. The van der Waals surface area contributed by atoms with E-state index in [1.165, 1.54) is 17.5 Å². The van der Waals surface area contributed by atoms with Crippen LogP contribution in [0.2, 0.25) is 0 Å². The van der Waals surface area contributed by atoms with E-state index in [1.54, 1.807) is 6.08 Å². The highest BCUT2D eigenvalue weighted by Gasteiger charge is 2.34. The van der Waals surface area contributed by atoms with Crippen molar-refractivity contribution in [3.05, 3.63) is 82.6 Å². The average Bonchev–Trinajstić information content (AvgIpc) is 3.41. The zero-order chi connectivity index (χ0) is 29.0. The van der Waals surface area contributed by atoms with Crippen LogP contribution in [0, 0.1) is 19.8 Å². The first kappa shape index (κ1) is 35.0. The number of ketones is 1. The monoisotopic (exact) mass is 553 g/mol. The summed E-state index contributed by atoms with van der Waals surface area (Å²) in [6.07, 6.45) is 4.49. The maximum atomic E-state index is 12.1. The van der Waals surface area contributed by atoms with Crippen LogP contribution in [-0.2, 0) is 19.9 Å². The lowest BCUT2D eigenvalue weighted by Crippen LogP contribution is -2.46. The van der Waals surface area contributed by atoms with Crippen molar-refractivity contribution in [2.24, 2.45) is 11.7 Å². The standard InChI is InChI=1S/C25H34N2O.C7H13NO3.CH4/c1-7-22(28)16-23(17(2)3)27-24(20-12-8-18(4)9-13-20)25(6,26)21-14-10-19(5)11-15-21;9-7(10)5-11-4-6-2-1-3-8-6;/h8-17,24,27H,7,26H2,1-6H3;6,8H,1-5H2,(H,9,10);1H4/b23-16+;;. The fraction of sp³-hybridized carbons (Fsp3) is 0.515. The molecule has 0 spiro atoms. The van der Waals surface area contributed by atoms with Gasteiger partial charge in [0.05, 0.1) is 18.2 Å². The summed E-state index contributed by atoms with van der Waals surface area (Å²) >= 11 is 0. The minimum Gasteiger partial charge on any atom is -0.480 e. The molecule has 40 heavy (non-hydrogen) atoms. The van der Waals surface area contributed by atoms with Crippen molar-refractivity contribution in [2.45, 2.75) is 85.9 Å². The molecule has 0 amide bonds. The summed E-state index contributed by atoms with van der Waals surface area (Å²) in [4.78, 5) is 22.1. The molecule has 0 radical (unpaired) electrons. The molecular weight excluding hydrogens is 502 g/mol. The normalized spacial score (nSPS) is 17.2. The third-order valence-corrected chi connectivity index (χ3v) is 6.99. The Morgan fingerprint density at radius 1 is 1.12 bits per heavy atom. The van der Waals surface area contributed by atoms with Crippen LogP contribution in [0.15, 0.2) is 60.3 Å². The summed E-state index contributed by atoms with van der Waals surface area (Å²) in [6.45, 7) is 13.6. The van der Waals surface area contributed by atoms with Crippen LogP contribution in [0.4, 0.5) is 0 Å². The van der Waals surface area contributed by atoms with E-state index in [2.05, 4.69) is 93.8 Å². The quantitative estimate of drug-likeness (QED) is 0.246. The zero-order valence-electron chi connectivity index (χ0n) is 24.4. The van der Waals surface area contributed by atoms with E-state index in [1.807, 2.05) is 6.92 Å².